The van der Waals surface area contributed by atoms with Gasteiger partial charge in [-0.05, 0) is 31.2 Å². The SMILES string of the molecule is CC(=O)N(c1cc(Cl)ccc1Cl)S(=O)(=O)c1nc2nc(C)ccn2n1. The number of aromatic nitrogens is 4. The van der Waals surface area contributed by atoms with E-state index in [2.05, 4.69) is 15.1 Å². The van der Waals surface area contributed by atoms with Gasteiger partial charge in [0.2, 0.25) is 5.91 Å². The monoisotopic (exact) mass is 399 g/mol. The molecule has 0 unspecified atom stereocenters. The van der Waals surface area contributed by atoms with E-state index in [0.29, 0.717) is 10.00 Å². The largest absolute Gasteiger partial charge is 0.308 e. The summed E-state index contributed by atoms with van der Waals surface area (Å²) in [5, 5.41) is 3.58. The highest BCUT2D eigenvalue weighted by Gasteiger charge is 2.34. The van der Waals surface area contributed by atoms with Gasteiger partial charge >= 0.3 is 10.0 Å². The minimum Gasteiger partial charge on any atom is -0.274 e. The molecule has 0 aliphatic rings. The van der Waals surface area contributed by atoms with Crippen LogP contribution in [-0.2, 0) is 14.8 Å². The number of nitrogens with zero attached hydrogens (tertiary/aromatic N) is 5. The first-order valence-corrected chi connectivity index (χ1v) is 9.11. The first-order chi connectivity index (χ1) is 11.7. The molecule has 0 bridgehead atoms. The second-order valence-electron chi connectivity index (χ2n) is 5.09. The molecule has 0 aliphatic heterocycles. The highest BCUT2D eigenvalue weighted by molar-refractivity contribution is 7.93. The van der Waals surface area contributed by atoms with Gasteiger partial charge in [0.1, 0.15) is 0 Å². The zero-order valence-corrected chi connectivity index (χ0v) is 15.3. The first kappa shape index (κ1) is 17.6. The second-order valence-corrected chi connectivity index (χ2v) is 7.62. The molecule has 2 heterocycles. The Bertz CT molecular complexity index is 1100. The number of benzene rings is 1. The summed E-state index contributed by atoms with van der Waals surface area (Å²) in [7, 11) is -4.41. The van der Waals surface area contributed by atoms with Crippen LogP contribution in [0.25, 0.3) is 5.78 Å². The zero-order chi connectivity index (χ0) is 18.4. The Morgan fingerprint density at radius 3 is 2.60 bits per heavy atom. The lowest BCUT2D eigenvalue weighted by atomic mass is 10.3. The first-order valence-electron chi connectivity index (χ1n) is 6.91. The standard InChI is InChI=1S/C14H11Cl2N5O3S/c1-8-5-6-20-13(17-8)18-14(19-20)25(23,24)21(9(2)22)12-7-10(15)3-4-11(12)16/h3-7H,1-2H3. The van der Waals surface area contributed by atoms with E-state index in [9.17, 15) is 13.2 Å². The van der Waals surface area contributed by atoms with Crippen molar-refractivity contribution in [2.24, 2.45) is 0 Å². The maximum atomic E-state index is 12.9. The van der Waals surface area contributed by atoms with Gasteiger partial charge in [0.25, 0.3) is 10.9 Å². The average molecular weight is 400 g/mol. The molecule has 2 aromatic heterocycles. The van der Waals surface area contributed by atoms with Gasteiger partial charge < -0.3 is 0 Å². The van der Waals surface area contributed by atoms with Gasteiger partial charge in [0.05, 0.1) is 10.7 Å². The summed E-state index contributed by atoms with van der Waals surface area (Å²) in [6, 6.07) is 5.80. The van der Waals surface area contributed by atoms with E-state index < -0.39 is 21.1 Å². The minimum atomic E-state index is -4.41. The Labute approximate surface area is 153 Å². The molecule has 0 saturated heterocycles. The topological polar surface area (TPSA) is 97.5 Å². The van der Waals surface area contributed by atoms with Crippen molar-refractivity contribution in [1.29, 1.82) is 0 Å². The van der Waals surface area contributed by atoms with Crippen LogP contribution in [0, 0.1) is 6.92 Å². The number of carbonyl (C=O) groups excluding carboxylic acids is 1. The van der Waals surface area contributed by atoms with E-state index in [0.717, 1.165) is 6.92 Å². The van der Waals surface area contributed by atoms with Gasteiger partial charge in [-0.1, -0.05) is 23.2 Å². The third-order valence-corrected chi connectivity index (χ3v) is 5.33. The van der Waals surface area contributed by atoms with Crippen LogP contribution in [0.2, 0.25) is 10.0 Å². The van der Waals surface area contributed by atoms with Gasteiger partial charge in [0, 0.05) is 23.8 Å². The zero-order valence-electron chi connectivity index (χ0n) is 13.0. The highest BCUT2D eigenvalue weighted by Crippen LogP contribution is 2.32. The molecular formula is C14H11Cl2N5O3S. The van der Waals surface area contributed by atoms with Crippen molar-refractivity contribution >= 4 is 50.6 Å². The second kappa shape index (κ2) is 6.25. The van der Waals surface area contributed by atoms with Crippen molar-refractivity contribution in [3.63, 3.8) is 0 Å². The van der Waals surface area contributed by atoms with Gasteiger partial charge in [-0.15, -0.1) is 5.10 Å². The van der Waals surface area contributed by atoms with Crippen molar-refractivity contribution < 1.29 is 13.2 Å². The summed E-state index contributed by atoms with van der Waals surface area (Å²) < 4.78 is 27.6. The summed E-state index contributed by atoms with van der Waals surface area (Å²) in [6.07, 6.45) is 1.52. The molecular weight excluding hydrogens is 389 g/mol. The third-order valence-electron chi connectivity index (χ3n) is 3.21. The summed E-state index contributed by atoms with van der Waals surface area (Å²) in [5.41, 5.74) is 0.565. The molecule has 0 radical (unpaired) electrons. The lowest BCUT2D eigenvalue weighted by molar-refractivity contribution is -0.115. The molecule has 0 fully saturated rings. The molecule has 0 aliphatic carbocycles. The van der Waals surface area contributed by atoms with E-state index in [4.69, 9.17) is 23.2 Å². The van der Waals surface area contributed by atoms with E-state index in [1.807, 2.05) is 0 Å². The van der Waals surface area contributed by atoms with Crippen LogP contribution in [-0.4, -0.2) is 33.9 Å². The number of aryl methyl sites for hydroxylation is 1. The molecule has 1 aromatic carbocycles. The minimum absolute atomic E-state index is 0.0425. The predicted octanol–water partition coefficient (Wildman–Crippen LogP) is 2.48. The average Bonchev–Trinajstić information content (AvgIpc) is 2.94. The van der Waals surface area contributed by atoms with E-state index >= 15 is 0 Å². The molecule has 0 atom stereocenters. The van der Waals surface area contributed by atoms with Crippen molar-refractivity contribution in [1.82, 2.24) is 19.6 Å². The summed E-state index contributed by atoms with van der Waals surface area (Å²) >= 11 is 12.0. The number of anilines is 1. The summed E-state index contributed by atoms with van der Waals surface area (Å²) in [5.74, 6) is -0.688. The van der Waals surface area contributed by atoms with Gasteiger partial charge in [0.15, 0.2) is 0 Å². The number of rotatable bonds is 3. The van der Waals surface area contributed by atoms with Crippen LogP contribution < -0.4 is 4.31 Å². The number of sulfonamides is 1. The molecule has 0 saturated carbocycles. The number of fused-ring (bicyclic) bond motifs is 1. The van der Waals surface area contributed by atoms with Crippen molar-refractivity contribution in [3.05, 3.63) is 46.2 Å². The predicted molar refractivity (Wildman–Crippen MR) is 92.3 cm³/mol. The van der Waals surface area contributed by atoms with Crippen molar-refractivity contribution in [3.8, 4) is 0 Å². The number of carbonyl (C=O) groups is 1. The number of halogens is 2. The van der Waals surface area contributed by atoms with Crippen LogP contribution in [0.15, 0.2) is 35.6 Å². The van der Waals surface area contributed by atoms with E-state index in [-0.39, 0.29) is 21.5 Å². The smallest absolute Gasteiger partial charge is 0.274 e. The molecule has 3 rings (SSSR count). The van der Waals surface area contributed by atoms with Crippen LogP contribution >= 0.6 is 23.2 Å². The van der Waals surface area contributed by atoms with Crippen molar-refractivity contribution in [2.75, 3.05) is 4.31 Å². The summed E-state index contributed by atoms with van der Waals surface area (Å²) in [6.45, 7) is 2.82. The van der Waals surface area contributed by atoms with Crippen LogP contribution in [0.4, 0.5) is 5.69 Å². The number of hydrogen-bond acceptors (Lipinski definition) is 6. The van der Waals surface area contributed by atoms with Crippen LogP contribution in [0.1, 0.15) is 12.6 Å². The Balaban J connectivity index is 2.20. The molecule has 3 aromatic rings. The Morgan fingerprint density at radius 1 is 1.20 bits per heavy atom. The summed E-state index contributed by atoms with van der Waals surface area (Å²) in [4.78, 5) is 20.1. The lowest BCUT2D eigenvalue weighted by Gasteiger charge is -2.20. The highest BCUT2D eigenvalue weighted by atomic mass is 35.5. The van der Waals surface area contributed by atoms with Crippen LogP contribution in [0.5, 0.6) is 0 Å². The molecule has 0 N–H and O–H groups in total. The maximum absolute atomic E-state index is 12.9. The quantitative estimate of drug-likeness (QED) is 0.670. The fourth-order valence-electron chi connectivity index (χ4n) is 2.15. The Kier molecular flexibility index (Phi) is 4.40. The number of hydrogen-bond donors (Lipinski definition) is 0. The normalized spacial score (nSPS) is 11.7. The van der Waals surface area contributed by atoms with Gasteiger partial charge in [-0.2, -0.15) is 17.7 Å². The van der Waals surface area contributed by atoms with Gasteiger partial charge in [-0.3, -0.25) is 4.79 Å². The van der Waals surface area contributed by atoms with E-state index in [1.165, 1.54) is 28.9 Å². The molecule has 130 valence electrons. The fraction of sp³-hybridized carbons (Fsp3) is 0.143. The maximum Gasteiger partial charge on any atom is 0.308 e. The third kappa shape index (κ3) is 3.17. The number of amides is 1. The molecule has 1 amide bonds. The van der Waals surface area contributed by atoms with Crippen molar-refractivity contribution in [2.45, 2.75) is 19.0 Å². The lowest BCUT2D eigenvalue weighted by Crippen LogP contribution is -2.36. The van der Waals surface area contributed by atoms with Gasteiger partial charge in [-0.25, -0.2) is 9.50 Å². The Hall–Kier alpha value is -2.23. The fourth-order valence-corrected chi connectivity index (χ4v) is 3.86. The Morgan fingerprint density at radius 2 is 1.92 bits per heavy atom. The molecule has 0 spiro atoms. The molecule has 8 nitrogen and oxygen atoms in total. The van der Waals surface area contributed by atoms with E-state index in [1.54, 1.807) is 13.0 Å². The van der Waals surface area contributed by atoms with Crippen LogP contribution in [0.3, 0.4) is 0 Å². The molecule has 11 heteroatoms. The molecule has 25 heavy (non-hydrogen) atoms.